The Morgan fingerprint density at radius 1 is 0.919 bits per heavy atom. The van der Waals surface area contributed by atoms with Gasteiger partial charge in [0.1, 0.15) is 0 Å². The molecule has 7 nitrogen and oxygen atoms in total. The molecule has 1 saturated heterocycles. The van der Waals surface area contributed by atoms with Crippen molar-refractivity contribution in [2.24, 2.45) is 5.92 Å². The number of halogens is 1. The Hall–Kier alpha value is -1.18. The third-order valence-corrected chi connectivity index (χ3v) is 8.77. The number of anilines is 2. The molecule has 8 heteroatoms. The molecule has 1 aliphatic heterocycles. The van der Waals surface area contributed by atoms with Crippen LogP contribution in [0.4, 0.5) is 11.9 Å². The van der Waals surface area contributed by atoms with E-state index in [0.717, 1.165) is 38.4 Å². The van der Waals surface area contributed by atoms with E-state index >= 15 is 0 Å². The maximum absolute atomic E-state index is 6.49. The molecule has 0 radical (unpaired) electrons. The van der Waals surface area contributed by atoms with E-state index in [0.29, 0.717) is 23.9 Å². The fourth-order valence-electron chi connectivity index (χ4n) is 7.54. The van der Waals surface area contributed by atoms with Gasteiger partial charge in [0.15, 0.2) is 0 Å². The topological polar surface area (TPSA) is 75.2 Å². The van der Waals surface area contributed by atoms with Gasteiger partial charge in [0.05, 0.1) is 6.10 Å². The summed E-state index contributed by atoms with van der Waals surface area (Å²) in [4.78, 5) is 16.6. The Bertz CT molecular complexity index is 819. The molecule has 3 aliphatic rings. The number of piperidine rings is 1. The molecule has 1 aromatic rings. The molecule has 37 heavy (non-hydrogen) atoms. The third kappa shape index (κ3) is 8.15. The van der Waals surface area contributed by atoms with Crippen LogP contribution in [-0.2, 0) is 4.74 Å². The van der Waals surface area contributed by atoms with Crippen molar-refractivity contribution in [1.29, 1.82) is 0 Å². The summed E-state index contributed by atoms with van der Waals surface area (Å²) in [5.74, 6) is 1.87. The van der Waals surface area contributed by atoms with E-state index < -0.39 is 0 Å². The second-order valence-electron chi connectivity index (χ2n) is 13.0. The number of hydrogen-bond acceptors (Lipinski definition) is 7. The second kappa shape index (κ2) is 12.8. The van der Waals surface area contributed by atoms with Gasteiger partial charge in [-0.2, -0.15) is 15.0 Å². The van der Waals surface area contributed by atoms with Gasteiger partial charge in [0.2, 0.25) is 17.2 Å². The number of ether oxygens (including phenoxy) is 1. The third-order valence-electron chi connectivity index (χ3n) is 8.60. The number of rotatable bonds is 10. The van der Waals surface area contributed by atoms with Gasteiger partial charge in [-0.15, -0.1) is 0 Å². The summed E-state index contributed by atoms with van der Waals surface area (Å²) in [6.07, 6.45) is 16.1. The molecule has 2 aliphatic carbocycles. The highest BCUT2D eigenvalue weighted by atomic mass is 35.5. The van der Waals surface area contributed by atoms with Crippen LogP contribution >= 0.6 is 11.6 Å². The van der Waals surface area contributed by atoms with Gasteiger partial charge in [0, 0.05) is 36.3 Å². The van der Waals surface area contributed by atoms with Crippen molar-refractivity contribution < 1.29 is 4.74 Å². The lowest BCUT2D eigenvalue weighted by Gasteiger charge is -2.48. The van der Waals surface area contributed by atoms with Crippen LogP contribution in [0.15, 0.2) is 0 Å². The highest BCUT2D eigenvalue weighted by Gasteiger charge is 2.41. The van der Waals surface area contributed by atoms with Crippen LogP contribution in [0.2, 0.25) is 5.28 Å². The first-order chi connectivity index (χ1) is 17.7. The predicted molar refractivity (Wildman–Crippen MR) is 154 cm³/mol. The van der Waals surface area contributed by atoms with Gasteiger partial charge < -0.3 is 20.3 Å². The van der Waals surface area contributed by atoms with Crippen LogP contribution in [0.25, 0.3) is 0 Å². The van der Waals surface area contributed by atoms with Crippen LogP contribution in [0.1, 0.15) is 118 Å². The second-order valence-corrected chi connectivity index (χ2v) is 13.3. The molecule has 4 rings (SSSR count). The van der Waals surface area contributed by atoms with Crippen LogP contribution < -0.4 is 15.5 Å². The molecule has 1 aromatic heterocycles. The van der Waals surface area contributed by atoms with E-state index in [1.807, 2.05) is 0 Å². The summed E-state index contributed by atoms with van der Waals surface area (Å²) in [5, 5.41) is 7.57. The molecule has 2 N–H and O–H groups in total. The Kier molecular flexibility index (Phi) is 9.96. The maximum atomic E-state index is 6.49. The number of aromatic nitrogens is 3. The molecule has 2 saturated carbocycles. The van der Waals surface area contributed by atoms with E-state index in [-0.39, 0.29) is 22.5 Å². The Balaban J connectivity index is 1.45. The first-order valence-corrected chi connectivity index (χ1v) is 15.4. The molecular formula is C29H51ClN6O. The van der Waals surface area contributed by atoms with E-state index in [4.69, 9.17) is 21.3 Å². The van der Waals surface area contributed by atoms with Crippen molar-refractivity contribution in [3.63, 3.8) is 0 Å². The minimum Gasteiger partial charge on any atom is -0.378 e. The van der Waals surface area contributed by atoms with Crippen molar-refractivity contribution in [2.45, 2.75) is 147 Å². The van der Waals surface area contributed by atoms with Crippen molar-refractivity contribution in [1.82, 2.24) is 20.3 Å². The van der Waals surface area contributed by atoms with E-state index in [1.165, 1.54) is 64.2 Å². The molecule has 0 bridgehead atoms. The normalized spacial score (nSPS) is 24.1. The van der Waals surface area contributed by atoms with E-state index in [1.54, 1.807) is 0 Å². The Labute approximate surface area is 230 Å². The molecule has 210 valence electrons. The highest BCUT2D eigenvalue weighted by Crippen LogP contribution is 2.37. The van der Waals surface area contributed by atoms with E-state index in [9.17, 15) is 0 Å². The zero-order chi connectivity index (χ0) is 26.5. The van der Waals surface area contributed by atoms with Gasteiger partial charge in [0.25, 0.3) is 0 Å². The van der Waals surface area contributed by atoms with Crippen LogP contribution in [-0.4, -0.2) is 57.4 Å². The monoisotopic (exact) mass is 534 g/mol. The van der Waals surface area contributed by atoms with Crippen molar-refractivity contribution in [3.05, 3.63) is 5.28 Å². The number of nitrogens with zero attached hydrogens (tertiary/aromatic N) is 4. The van der Waals surface area contributed by atoms with E-state index in [2.05, 4.69) is 60.1 Å². The smallest absolute Gasteiger partial charge is 0.231 e. The molecule has 2 heterocycles. The number of hydrogen-bond donors (Lipinski definition) is 2. The fraction of sp³-hybridized carbons (Fsp3) is 0.897. The van der Waals surface area contributed by atoms with Crippen molar-refractivity contribution >= 4 is 23.5 Å². The standard InChI is InChI=1S/C29H51ClN6O/c1-6-37-24(21-19-28(2,3)35-29(4,5)20-21)17-18-31-26-32-25(30)33-27(34-26)36(22-13-9-7-10-14-22)23-15-11-8-12-16-23/h21-24,35H,6-20H2,1-5H3,(H,31,32,33,34). The van der Waals surface area contributed by atoms with Crippen molar-refractivity contribution in [2.75, 3.05) is 23.4 Å². The van der Waals surface area contributed by atoms with Gasteiger partial charge in [-0.25, -0.2) is 0 Å². The first-order valence-electron chi connectivity index (χ1n) is 15.0. The van der Waals surface area contributed by atoms with Gasteiger partial charge in [-0.3, -0.25) is 0 Å². The Morgan fingerprint density at radius 3 is 2.03 bits per heavy atom. The van der Waals surface area contributed by atoms with Crippen molar-refractivity contribution in [3.8, 4) is 0 Å². The zero-order valence-corrected chi connectivity index (χ0v) is 24.7. The quantitative estimate of drug-likeness (QED) is 0.343. The van der Waals surface area contributed by atoms with Crippen LogP contribution in [0, 0.1) is 5.92 Å². The summed E-state index contributed by atoms with van der Waals surface area (Å²) in [7, 11) is 0. The lowest BCUT2D eigenvalue weighted by molar-refractivity contribution is -0.0247. The van der Waals surface area contributed by atoms with Gasteiger partial charge in [-0.1, -0.05) is 38.5 Å². The summed E-state index contributed by atoms with van der Waals surface area (Å²) in [5.41, 5.74) is 0.209. The Morgan fingerprint density at radius 2 is 1.49 bits per heavy atom. The predicted octanol–water partition coefficient (Wildman–Crippen LogP) is 6.76. The summed E-state index contributed by atoms with van der Waals surface area (Å²) < 4.78 is 6.30. The number of nitrogens with one attached hydrogen (secondary N) is 2. The minimum atomic E-state index is 0.105. The summed E-state index contributed by atoms with van der Waals surface area (Å²) >= 11 is 6.49. The lowest BCUT2D eigenvalue weighted by Crippen LogP contribution is -2.59. The van der Waals surface area contributed by atoms with Crippen LogP contribution in [0.3, 0.4) is 0 Å². The molecule has 3 fully saturated rings. The lowest BCUT2D eigenvalue weighted by atomic mass is 9.73. The van der Waals surface area contributed by atoms with Gasteiger partial charge >= 0.3 is 0 Å². The highest BCUT2D eigenvalue weighted by molar-refractivity contribution is 6.28. The zero-order valence-electron chi connectivity index (χ0n) is 24.0. The van der Waals surface area contributed by atoms with Crippen LogP contribution in [0.5, 0.6) is 0 Å². The molecule has 1 atom stereocenters. The molecule has 1 unspecified atom stereocenters. The molecule has 0 aromatic carbocycles. The van der Waals surface area contributed by atoms with Gasteiger partial charge in [-0.05, 0) is 97.1 Å². The fourth-order valence-corrected chi connectivity index (χ4v) is 7.69. The first kappa shape index (κ1) is 28.8. The SMILES string of the molecule is CCOC(CCNc1nc(Cl)nc(N(C2CCCCC2)C2CCCCC2)n1)C1CC(C)(C)NC(C)(C)C1. The average molecular weight is 535 g/mol. The molecular weight excluding hydrogens is 484 g/mol. The molecule has 0 spiro atoms. The summed E-state index contributed by atoms with van der Waals surface area (Å²) in [6, 6.07) is 1.02. The average Bonchev–Trinajstić information content (AvgIpc) is 2.83. The molecule has 0 amide bonds. The largest absolute Gasteiger partial charge is 0.378 e. The minimum absolute atomic E-state index is 0.105. The summed E-state index contributed by atoms with van der Waals surface area (Å²) in [6.45, 7) is 12.8. The maximum Gasteiger partial charge on any atom is 0.231 e.